The molecule has 2 heterocycles. The number of amides is 4. The Balaban J connectivity index is 1.29. The van der Waals surface area contributed by atoms with E-state index in [1.54, 1.807) is 47.1 Å². The lowest BCUT2D eigenvalue weighted by molar-refractivity contribution is 0.0670. The van der Waals surface area contributed by atoms with E-state index in [9.17, 15) is 14.4 Å². The zero-order chi connectivity index (χ0) is 23.4. The van der Waals surface area contributed by atoms with Crippen molar-refractivity contribution in [3.63, 3.8) is 0 Å². The highest BCUT2D eigenvalue weighted by Crippen LogP contribution is 2.18. The van der Waals surface area contributed by atoms with Gasteiger partial charge < -0.3 is 24.9 Å². The standard InChI is InChI=1S/C25H26N4O4/c1-17-16-22(18(2)33-17)24(31)28-12-14-29(15-13-28)25(32)27-21-10-8-19(9-11-21)23(30)26-20-6-4-3-5-7-20/h3-11,16H,12-15H2,1-2H3,(H,26,30)(H,27,32). The molecule has 33 heavy (non-hydrogen) atoms. The average molecular weight is 447 g/mol. The molecule has 0 aliphatic carbocycles. The van der Waals surface area contributed by atoms with Crippen molar-refractivity contribution >= 4 is 29.2 Å². The summed E-state index contributed by atoms with van der Waals surface area (Å²) in [6.45, 7) is 5.37. The van der Waals surface area contributed by atoms with Crippen molar-refractivity contribution < 1.29 is 18.8 Å². The summed E-state index contributed by atoms with van der Waals surface area (Å²) < 4.78 is 5.46. The van der Waals surface area contributed by atoms with Crippen LogP contribution in [-0.4, -0.2) is 53.8 Å². The lowest BCUT2D eigenvalue weighted by Gasteiger charge is -2.34. The SMILES string of the molecule is Cc1cc(C(=O)N2CCN(C(=O)Nc3ccc(C(=O)Nc4ccccc4)cc3)CC2)c(C)o1. The van der Waals surface area contributed by atoms with Crippen LogP contribution in [0.1, 0.15) is 32.2 Å². The molecule has 4 amide bonds. The topological polar surface area (TPSA) is 94.9 Å². The first kappa shape index (κ1) is 22.1. The Kier molecular flexibility index (Phi) is 6.44. The highest BCUT2D eigenvalue weighted by atomic mass is 16.3. The number of nitrogens with one attached hydrogen (secondary N) is 2. The molecule has 4 rings (SSSR count). The highest BCUT2D eigenvalue weighted by molar-refractivity contribution is 6.04. The van der Waals surface area contributed by atoms with E-state index >= 15 is 0 Å². The number of hydrogen-bond donors (Lipinski definition) is 2. The van der Waals surface area contributed by atoms with Crippen LogP contribution >= 0.6 is 0 Å². The number of para-hydroxylation sites is 1. The van der Waals surface area contributed by atoms with E-state index in [0.717, 1.165) is 5.69 Å². The monoisotopic (exact) mass is 446 g/mol. The van der Waals surface area contributed by atoms with Gasteiger partial charge in [-0.2, -0.15) is 0 Å². The summed E-state index contributed by atoms with van der Waals surface area (Å²) in [5.41, 5.74) is 2.38. The number of nitrogens with zero attached hydrogens (tertiary/aromatic N) is 2. The number of piperazine rings is 1. The van der Waals surface area contributed by atoms with Gasteiger partial charge in [-0.25, -0.2) is 4.79 Å². The summed E-state index contributed by atoms with van der Waals surface area (Å²) in [6.07, 6.45) is 0. The summed E-state index contributed by atoms with van der Waals surface area (Å²) in [5, 5.41) is 5.68. The molecule has 0 bridgehead atoms. The molecule has 0 atom stereocenters. The maximum Gasteiger partial charge on any atom is 0.321 e. The molecule has 1 saturated heterocycles. The zero-order valence-corrected chi connectivity index (χ0v) is 18.6. The molecule has 0 unspecified atom stereocenters. The third-order valence-corrected chi connectivity index (χ3v) is 5.56. The second-order valence-corrected chi connectivity index (χ2v) is 7.93. The van der Waals surface area contributed by atoms with Gasteiger partial charge in [-0.05, 0) is 56.3 Å². The molecular formula is C25H26N4O4. The zero-order valence-electron chi connectivity index (χ0n) is 18.6. The van der Waals surface area contributed by atoms with Gasteiger partial charge in [-0.15, -0.1) is 0 Å². The minimum absolute atomic E-state index is 0.0752. The first-order valence-corrected chi connectivity index (χ1v) is 10.8. The molecule has 2 N–H and O–H groups in total. The highest BCUT2D eigenvalue weighted by Gasteiger charge is 2.26. The Labute approximate surface area is 192 Å². The van der Waals surface area contributed by atoms with Crippen LogP contribution in [0.3, 0.4) is 0 Å². The van der Waals surface area contributed by atoms with Crippen molar-refractivity contribution in [3.05, 3.63) is 83.3 Å². The van der Waals surface area contributed by atoms with Gasteiger partial charge in [0.2, 0.25) is 0 Å². The first-order chi connectivity index (χ1) is 15.9. The molecule has 2 aromatic carbocycles. The number of benzene rings is 2. The fourth-order valence-corrected chi connectivity index (χ4v) is 3.76. The number of furan rings is 1. The number of carbonyl (C=O) groups excluding carboxylic acids is 3. The van der Waals surface area contributed by atoms with E-state index in [1.807, 2.05) is 37.3 Å². The molecule has 1 fully saturated rings. The van der Waals surface area contributed by atoms with Crippen molar-refractivity contribution in [1.82, 2.24) is 9.80 Å². The van der Waals surface area contributed by atoms with Gasteiger partial charge in [-0.1, -0.05) is 18.2 Å². The van der Waals surface area contributed by atoms with Crippen LogP contribution in [0.4, 0.5) is 16.2 Å². The second-order valence-electron chi connectivity index (χ2n) is 7.93. The molecule has 0 saturated carbocycles. The van der Waals surface area contributed by atoms with Crippen LogP contribution in [0.5, 0.6) is 0 Å². The summed E-state index contributed by atoms with van der Waals surface area (Å²) in [5.74, 6) is 1.02. The van der Waals surface area contributed by atoms with E-state index < -0.39 is 0 Å². The van der Waals surface area contributed by atoms with Crippen LogP contribution in [-0.2, 0) is 0 Å². The largest absolute Gasteiger partial charge is 0.466 e. The number of anilines is 2. The molecule has 3 aromatic rings. The summed E-state index contributed by atoms with van der Waals surface area (Å²) in [4.78, 5) is 41.1. The predicted octanol–water partition coefficient (Wildman–Crippen LogP) is 4.14. The molecule has 0 radical (unpaired) electrons. The van der Waals surface area contributed by atoms with Gasteiger partial charge in [0.15, 0.2) is 0 Å². The van der Waals surface area contributed by atoms with Gasteiger partial charge >= 0.3 is 6.03 Å². The van der Waals surface area contributed by atoms with E-state index in [4.69, 9.17) is 4.42 Å². The van der Waals surface area contributed by atoms with E-state index in [2.05, 4.69) is 10.6 Å². The molecule has 1 aliphatic heterocycles. The fraction of sp³-hybridized carbons (Fsp3) is 0.240. The lowest BCUT2D eigenvalue weighted by atomic mass is 10.2. The second kappa shape index (κ2) is 9.60. The normalized spacial score (nSPS) is 13.5. The van der Waals surface area contributed by atoms with Crippen molar-refractivity contribution in [2.24, 2.45) is 0 Å². The minimum Gasteiger partial charge on any atom is -0.466 e. The minimum atomic E-state index is -0.237. The molecule has 1 aromatic heterocycles. The first-order valence-electron chi connectivity index (χ1n) is 10.8. The van der Waals surface area contributed by atoms with Gasteiger partial charge in [0, 0.05) is 43.1 Å². The molecular weight excluding hydrogens is 420 g/mol. The van der Waals surface area contributed by atoms with E-state index in [0.29, 0.717) is 54.5 Å². The van der Waals surface area contributed by atoms with Crippen molar-refractivity contribution in [2.45, 2.75) is 13.8 Å². The maximum atomic E-state index is 12.7. The van der Waals surface area contributed by atoms with Crippen molar-refractivity contribution in [3.8, 4) is 0 Å². The number of carbonyl (C=O) groups is 3. The average Bonchev–Trinajstić information content (AvgIpc) is 3.17. The quantitative estimate of drug-likeness (QED) is 0.630. The van der Waals surface area contributed by atoms with Crippen molar-refractivity contribution in [2.75, 3.05) is 36.8 Å². The third kappa shape index (κ3) is 5.23. The van der Waals surface area contributed by atoms with Crippen LogP contribution < -0.4 is 10.6 Å². The Morgan fingerprint density at radius 1 is 0.788 bits per heavy atom. The summed E-state index contributed by atoms with van der Waals surface area (Å²) in [6, 6.07) is 17.5. The van der Waals surface area contributed by atoms with Crippen LogP contribution in [0, 0.1) is 13.8 Å². The Morgan fingerprint density at radius 2 is 1.39 bits per heavy atom. The molecule has 8 nitrogen and oxygen atoms in total. The summed E-state index contributed by atoms with van der Waals surface area (Å²) in [7, 11) is 0. The van der Waals surface area contributed by atoms with Crippen molar-refractivity contribution in [1.29, 1.82) is 0 Å². The third-order valence-electron chi connectivity index (χ3n) is 5.56. The number of urea groups is 1. The fourth-order valence-electron chi connectivity index (χ4n) is 3.76. The van der Waals surface area contributed by atoms with Gasteiger partial charge in [0.1, 0.15) is 11.5 Å². The number of aryl methyl sites for hydroxylation is 2. The molecule has 1 aliphatic rings. The molecule has 8 heteroatoms. The van der Waals surface area contributed by atoms with Crippen LogP contribution in [0.25, 0.3) is 0 Å². The Hall–Kier alpha value is -4.07. The smallest absolute Gasteiger partial charge is 0.321 e. The lowest BCUT2D eigenvalue weighted by Crippen LogP contribution is -2.51. The van der Waals surface area contributed by atoms with Gasteiger partial charge in [-0.3, -0.25) is 9.59 Å². The predicted molar refractivity (Wildman–Crippen MR) is 126 cm³/mol. The van der Waals surface area contributed by atoms with E-state index in [-0.39, 0.29) is 17.8 Å². The number of rotatable bonds is 4. The van der Waals surface area contributed by atoms with E-state index in [1.165, 1.54) is 0 Å². The van der Waals surface area contributed by atoms with Crippen LogP contribution in [0.2, 0.25) is 0 Å². The Morgan fingerprint density at radius 3 is 2.00 bits per heavy atom. The Bertz CT molecular complexity index is 1150. The van der Waals surface area contributed by atoms with Gasteiger partial charge in [0.05, 0.1) is 5.56 Å². The maximum absolute atomic E-state index is 12.7. The molecule has 170 valence electrons. The molecule has 0 spiro atoms. The van der Waals surface area contributed by atoms with Gasteiger partial charge in [0.25, 0.3) is 11.8 Å². The summed E-state index contributed by atoms with van der Waals surface area (Å²) >= 11 is 0. The van der Waals surface area contributed by atoms with Crippen LogP contribution in [0.15, 0.2) is 65.1 Å². The number of hydrogen-bond acceptors (Lipinski definition) is 4.